The minimum Gasteiger partial charge on any atom is -0.456 e. The maximum Gasteiger partial charge on any atom is 0.338 e. The van der Waals surface area contributed by atoms with E-state index in [0.717, 1.165) is 33.0 Å². The highest BCUT2D eigenvalue weighted by Crippen LogP contribution is 2.43. The third kappa shape index (κ3) is 5.63. The molecule has 0 saturated carbocycles. The number of ether oxygens (including phenoxy) is 1. The van der Waals surface area contributed by atoms with Gasteiger partial charge in [-0.2, -0.15) is 0 Å². The fourth-order valence-electron chi connectivity index (χ4n) is 4.42. The Labute approximate surface area is 227 Å². The van der Waals surface area contributed by atoms with Gasteiger partial charge >= 0.3 is 5.97 Å². The number of carbonyl (C=O) groups excluding carboxylic acids is 2. The first-order valence-corrected chi connectivity index (χ1v) is 14.1. The van der Waals surface area contributed by atoms with Gasteiger partial charge in [0, 0.05) is 26.8 Å². The van der Waals surface area contributed by atoms with Crippen LogP contribution in [0.4, 0.5) is 4.39 Å². The van der Waals surface area contributed by atoms with E-state index in [9.17, 15) is 14.0 Å². The van der Waals surface area contributed by atoms with Crippen LogP contribution in [0, 0.1) is 12.7 Å². The lowest BCUT2D eigenvalue weighted by Crippen LogP contribution is -2.32. The van der Waals surface area contributed by atoms with Crippen molar-refractivity contribution in [3.05, 3.63) is 118 Å². The average molecular weight is 527 g/mol. The average Bonchev–Trinajstić information content (AvgIpc) is 3.13. The minimum absolute atomic E-state index is 0.152. The number of esters is 1. The molecule has 0 heterocycles. The normalized spacial score (nSPS) is 15.3. The maximum atomic E-state index is 14.8. The van der Waals surface area contributed by atoms with Crippen LogP contribution in [-0.4, -0.2) is 27.6 Å². The summed E-state index contributed by atoms with van der Waals surface area (Å²) in [5, 5.41) is 0. The van der Waals surface area contributed by atoms with Crippen LogP contribution < -0.4 is 0 Å². The van der Waals surface area contributed by atoms with Crippen molar-refractivity contribution in [1.82, 2.24) is 0 Å². The summed E-state index contributed by atoms with van der Waals surface area (Å²) in [5.74, 6) is -1.34. The van der Waals surface area contributed by atoms with Gasteiger partial charge in [-0.25, -0.2) is 9.18 Å². The first-order chi connectivity index (χ1) is 17.8. The molecular weight excluding hydrogens is 491 g/mol. The van der Waals surface area contributed by atoms with Crippen molar-refractivity contribution in [3.63, 3.8) is 0 Å². The lowest BCUT2D eigenvalue weighted by atomic mass is 9.85. The first-order valence-electron chi connectivity index (χ1n) is 13.0. The zero-order valence-corrected chi connectivity index (χ0v) is 25.2. The van der Waals surface area contributed by atoms with Crippen LogP contribution in [0.25, 0.3) is 11.6 Å². The van der Waals surface area contributed by atoms with Gasteiger partial charge in [0.25, 0.3) is 0 Å². The van der Waals surface area contributed by atoms with Gasteiger partial charge in [0.15, 0.2) is 5.78 Å². The summed E-state index contributed by atoms with van der Waals surface area (Å²) in [6.45, 7) is 12.1. The topological polar surface area (TPSA) is 43.4 Å². The molecule has 0 spiro atoms. The molecule has 3 aromatic rings. The van der Waals surface area contributed by atoms with Gasteiger partial charge in [-0.15, -0.1) is 0 Å². The van der Waals surface area contributed by atoms with Crippen LogP contribution in [0.5, 0.6) is 0 Å². The van der Waals surface area contributed by atoms with E-state index in [2.05, 4.69) is 51.1 Å². The Morgan fingerprint density at radius 3 is 2.29 bits per heavy atom. The Bertz CT molecular complexity index is 1460. The van der Waals surface area contributed by atoms with Gasteiger partial charge in [0.1, 0.15) is 11.4 Å². The summed E-state index contributed by atoms with van der Waals surface area (Å²) in [4.78, 5) is 25.5. The zero-order chi connectivity index (χ0) is 27.8. The van der Waals surface area contributed by atoms with E-state index in [0.29, 0.717) is 5.56 Å². The van der Waals surface area contributed by atoms with Gasteiger partial charge in [-0.05, 0) is 78.9 Å². The zero-order valence-electron chi connectivity index (χ0n) is 23.2. The second-order valence-electron chi connectivity index (χ2n) is 11.5. The van der Waals surface area contributed by atoms with Gasteiger partial charge < -0.3 is 4.74 Å². The van der Waals surface area contributed by atoms with Crippen molar-refractivity contribution >= 4 is 33.6 Å². The maximum absolute atomic E-state index is 14.8. The Kier molecular flexibility index (Phi) is 7.44. The molecule has 0 amide bonds. The second-order valence-corrected chi connectivity index (χ2v) is 13.2. The molecule has 38 heavy (non-hydrogen) atoms. The summed E-state index contributed by atoms with van der Waals surface area (Å²) in [7, 11) is 0.876. The third-order valence-corrected chi connectivity index (χ3v) is 8.94. The summed E-state index contributed by atoms with van der Waals surface area (Å²) in [6, 6.07) is 18.4. The van der Waals surface area contributed by atoms with Crippen molar-refractivity contribution in [2.45, 2.75) is 58.1 Å². The number of carbonyl (C=O) groups is 2. The second kappa shape index (κ2) is 10.3. The van der Waals surface area contributed by atoms with Crippen molar-refractivity contribution in [1.29, 1.82) is 0 Å². The lowest BCUT2D eigenvalue weighted by Gasteiger charge is -2.29. The molecule has 4 rings (SSSR count). The molecule has 1 aliphatic carbocycles. The van der Waals surface area contributed by atoms with Gasteiger partial charge in [0.05, 0.1) is 5.56 Å². The molecule has 0 aliphatic heterocycles. The van der Waals surface area contributed by atoms with E-state index < -0.39 is 17.4 Å². The summed E-state index contributed by atoms with van der Waals surface area (Å²) in [6.07, 6.45) is 5.07. The number of hydrogen-bond donors (Lipinski definition) is 0. The van der Waals surface area contributed by atoms with Crippen molar-refractivity contribution in [2.24, 2.45) is 0 Å². The summed E-state index contributed by atoms with van der Waals surface area (Å²) >= 11 is 0. The van der Waals surface area contributed by atoms with Crippen LogP contribution in [0.2, 0.25) is 5.54 Å². The molecule has 0 saturated heterocycles. The van der Waals surface area contributed by atoms with E-state index in [1.807, 2.05) is 39.0 Å². The van der Waals surface area contributed by atoms with Crippen molar-refractivity contribution in [3.8, 4) is 0 Å². The van der Waals surface area contributed by atoms with E-state index in [4.69, 9.17) is 4.74 Å². The lowest BCUT2D eigenvalue weighted by molar-refractivity contribution is -0.00207. The van der Waals surface area contributed by atoms with Gasteiger partial charge in [-0.1, -0.05) is 74.9 Å². The fourth-order valence-corrected chi connectivity index (χ4v) is 4.54. The number of benzene rings is 3. The highest BCUT2D eigenvalue weighted by Gasteiger charge is 2.31. The molecule has 1 aliphatic rings. The molecular formula is C33H35FO3Si. The number of aryl methyl sites for hydroxylation is 1. The number of allylic oxidation sites excluding steroid dienone is 2. The van der Waals surface area contributed by atoms with E-state index in [1.54, 1.807) is 0 Å². The number of ketones is 1. The Morgan fingerprint density at radius 1 is 1.00 bits per heavy atom. The highest BCUT2D eigenvalue weighted by molar-refractivity contribution is 6.12. The van der Waals surface area contributed by atoms with Crippen LogP contribution >= 0.6 is 0 Å². The van der Waals surface area contributed by atoms with Gasteiger partial charge in [-0.3, -0.25) is 4.79 Å². The molecule has 196 valence electrons. The quantitative estimate of drug-likeness (QED) is 0.146. The van der Waals surface area contributed by atoms with E-state index in [-0.39, 0.29) is 27.9 Å². The molecule has 5 heteroatoms. The van der Waals surface area contributed by atoms with E-state index in [1.165, 1.54) is 35.4 Å². The first kappa shape index (κ1) is 27.5. The SMILES string of the molecule is Cc1ccc(C2=CC(C)(C)c3cc(C(=O)C=Cc4ccc(C(=O)OC(C)(C)C(C)[SiH3])cc4F)ccc32)cc1. The smallest absolute Gasteiger partial charge is 0.338 e. The largest absolute Gasteiger partial charge is 0.456 e. The molecule has 0 aromatic heterocycles. The predicted octanol–water partition coefficient (Wildman–Crippen LogP) is 6.86. The minimum atomic E-state index is -0.606. The van der Waals surface area contributed by atoms with Crippen LogP contribution in [0.1, 0.15) is 83.2 Å². The molecule has 1 unspecified atom stereocenters. The number of rotatable bonds is 7. The van der Waals surface area contributed by atoms with E-state index >= 15 is 0 Å². The Hall–Kier alpha value is -3.57. The standard InChI is InChI=1S/C33H35FO3Si/c1-20-7-9-22(10-8-20)27-19-32(3,4)28-17-24(13-15-26(27)28)30(35)16-14-23-11-12-25(18-29(23)34)31(36)37-33(5,6)21(2)38/h7-19,21H,1-6,38H3. The van der Waals surface area contributed by atoms with Crippen molar-refractivity contribution in [2.75, 3.05) is 0 Å². The molecule has 3 nitrogen and oxygen atoms in total. The monoisotopic (exact) mass is 526 g/mol. The Balaban J connectivity index is 1.53. The van der Waals surface area contributed by atoms with Crippen LogP contribution in [0.3, 0.4) is 0 Å². The molecule has 0 fully saturated rings. The fraction of sp³-hybridized carbons (Fsp3) is 0.273. The number of fused-ring (bicyclic) bond motifs is 1. The molecule has 1 atom stereocenters. The summed E-state index contributed by atoms with van der Waals surface area (Å²) in [5.41, 5.74) is 6.09. The highest BCUT2D eigenvalue weighted by atomic mass is 28.1. The molecule has 0 N–H and O–H groups in total. The molecule has 0 bridgehead atoms. The van der Waals surface area contributed by atoms with Crippen molar-refractivity contribution < 1.29 is 18.7 Å². The van der Waals surface area contributed by atoms with Crippen LogP contribution in [-0.2, 0) is 10.2 Å². The third-order valence-electron chi connectivity index (χ3n) is 7.55. The summed E-state index contributed by atoms with van der Waals surface area (Å²) < 4.78 is 20.4. The number of hydrogen-bond acceptors (Lipinski definition) is 3. The molecule has 3 aromatic carbocycles. The molecule has 0 radical (unpaired) electrons. The Morgan fingerprint density at radius 2 is 1.66 bits per heavy atom. The van der Waals surface area contributed by atoms with Gasteiger partial charge in [0.2, 0.25) is 0 Å². The number of halogens is 1. The van der Waals surface area contributed by atoms with Crippen LogP contribution in [0.15, 0.2) is 72.8 Å². The predicted molar refractivity (Wildman–Crippen MR) is 156 cm³/mol.